The molecule has 0 fully saturated rings. The number of carbonyl (C=O) groups excluding carboxylic acids is 1. The van der Waals surface area contributed by atoms with E-state index in [1.54, 1.807) is 6.92 Å². The van der Waals surface area contributed by atoms with Crippen molar-refractivity contribution in [1.29, 1.82) is 0 Å². The zero-order valence-electron chi connectivity index (χ0n) is 8.48. The van der Waals surface area contributed by atoms with E-state index in [1.165, 1.54) is 10.8 Å². The number of aromatic nitrogens is 3. The lowest BCUT2D eigenvalue weighted by molar-refractivity contribution is 0.112. The number of hydrogen-bond acceptors (Lipinski definition) is 4. The number of halogens is 1. The molecule has 0 aromatic carbocycles. The van der Waals surface area contributed by atoms with Gasteiger partial charge in [-0.25, -0.2) is 4.98 Å². The molecule has 0 N–H and O–H groups in total. The van der Waals surface area contributed by atoms with Crippen LogP contribution in [0.1, 0.15) is 17.3 Å². The first-order valence-corrected chi connectivity index (χ1v) is 4.68. The summed E-state index contributed by atoms with van der Waals surface area (Å²) in [4.78, 5) is 29.2. The average molecular weight is 221 g/mol. The lowest BCUT2D eigenvalue weighted by Gasteiger charge is -2.07. The summed E-state index contributed by atoms with van der Waals surface area (Å²) >= 11 is 0. The quantitative estimate of drug-likeness (QED) is 0.554. The van der Waals surface area contributed by atoms with Gasteiger partial charge in [-0.1, -0.05) is 0 Å². The fraction of sp³-hybridized carbons (Fsp3) is 0.200. The van der Waals surface area contributed by atoms with Crippen LogP contribution in [0.4, 0.5) is 4.39 Å². The summed E-state index contributed by atoms with van der Waals surface area (Å²) in [6.45, 7) is 2.28. The fourth-order valence-corrected chi connectivity index (χ4v) is 1.50. The van der Waals surface area contributed by atoms with Crippen molar-refractivity contribution in [2.75, 3.05) is 0 Å². The minimum Gasteiger partial charge on any atom is -0.332 e. The summed E-state index contributed by atoms with van der Waals surface area (Å²) in [5.41, 5.74) is -0.259. The molecule has 0 amide bonds. The van der Waals surface area contributed by atoms with Gasteiger partial charge in [0.2, 0.25) is 5.43 Å². The van der Waals surface area contributed by atoms with E-state index in [1.807, 2.05) is 0 Å². The molecule has 0 aliphatic heterocycles. The molecular weight excluding hydrogens is 213 g/mol. The van der Waals surface area contributed by atoms with Crippen molar-refractivity contribution in [2.45, 2.75) is 13.5 Å². The van der Waals surface area contributed by atoms with Crippen molar-refractivity contribution < 1.29 is 9.18 Å². The largest absolute Gasteiger partial charge is 0.332 e. The van der Waals surface area contributed by atoms with Crippen molar-refractivity contribution in [3.63, 3.8) is 0 Å². The maximum Gasteiger partial charge on any atom is 0.310 e. The Morgan fingerprint density at radius 3 is 2.94 bits per heavy atom. The van der Waals surface area contributed by atoms with Gasteiger partial charge in [0, 0.05) is 18.9 Å². The molecular formula is C10H8FN3O2. The molecule has 2 aromatic heterocycles. The Hall–Kier alpha value is -2.11. The van der Waals surface area contributed by atoms with Crippen LogP contribution in [0, 0.1) is 6.08 Å². The number of carbonyl (C=O) groups is 1. The smallest absolute Gasteiger partial charge is 0.310 e. The molecule has 0 saturated carbocycles. The standard InChI is InChI=1S/C10H8FN3O2/c1-2-14-4-6(5-15)8(16)7-3-12-10(11)13-9(7)14/h3-5H,2H2,1H3. The van der Waals surface area contributed by atoms with E-state index in [0.29, 0.717) is 12.8 Å². The Morgan fingerprint density at radius 2 is 2.31 bits per heavy atom. The normalized spacial score (nSPS) is 10.6. The summed E-state index contributed by atoms with van der Waals surface area (Å²) in [5, 5.41) is 0.146. The predicted octanol–water partition coefficient (Wildman–Crippen LogP) is 0.763. The van der Waals surface area contributed by atoms with Crippen LogP contribution in [0.15, 0.2) is 17.2 Å². The van der Waals surface area contributed by atoms with Crippen LogP contribution >= 0.6 is 0 Å². The van der Waals surface area contributed by atoms with E-state index >= 15 is 0 Å². The lowest BCUT2D eigenvalue weighted by Crippen LogP contribution is -2.15. The number of nitrogens with zero attached hydrogens (tertiary/aromatic N) is 3. The van der Waals surface area contributed by atoms with Crippen LogP contribution < -0.4 is 5.43 Å². The van der Waals surface area contributed by atoms with E-state index in [2.05, 4.69) is 9.97 Å². The third kappa shape index (κ3) is 1.48. The van der Waals surface area contributed by atoms with Gasteiger partial charge in [0.15, 0.2) is 6.29 Å². The Bertz CT molecular complexity index is 621. The van der Waals surface area contributed by atoms with Crippen molar-refractivity contribution in [3.8, 4) is 0 Å². The number of pyridine rings is 1. The highest BCUT2D eigenvalue weighted by Gasteiger charge is 2.10. The number of rotatable bonds is 2. The molecule has 2 rings (SSSR count). The lowest BCUT2D eigenvalue weighted by atomic mass is 10.2. The molecule has 0 spiro atoms. The van der Waals surface area contributed by atoms with Crippen molar-refractivity contribution >= 4 is 17.3 Å². The first kappa shape index (κ1) is 10.4. The molecule has 0 radical (unpaired) electrons. The zero-order valence-corrected chi connectivity index (χ0v) is 8.48. The number of aryl methyl sites for hydroxylation is 1. The van der Waals surface area contributed by atoms with Crippen LogP contribution in [0.25, 0.3) is 11.0 Å². The van der Waals surface area contributed by atoms with Gasteiger partial charge < -0.3 is 4.57 Å². The van der Waals surface area contributed by atoms with Crippen molar-refractivity contribution in [1.82, 2.24) is 14.5 Å². The van der Waals surface area contributed by atoms with Crippen LogP contribution in [-0.4, -0.2) is 20.8 Å². The number of hydrogen-bond donors (Lipinski definition) is 0. The van der Waals surface area contributed by atoms with E-state index in [-0.39, 0.29) is 16.6 Å². The molecule has 0 aliphatic rings. The van der Waals surface area contributed by atoms with Gasteiger partial charge in [0.05, 0.1) is 10.9 Å². The van der Waals surface area contributed by atoms with Gasteiger partial charge in [-0.15, -0.1) is 0 Å². The van der Waals surface area contributed by atoms with Crippen LogP contribution in [0.2, 0.25) is 0 Å². The molecule has 0 unspecified atom stereocenters. The van der Waals surface area contributed by atoms with Crippen molar-refractivity contribution in [3.05, 3.63) is 34.3 Å². The monoisotopic (exact) mass is 221 g/mol. The molecule has 2 heterocycles. The first-order chi connectivity index (χ1) is 7.67. The predicted molar refractivity (Wildman–Crippen MR) is 54.8 cm³/mol. The summed E-state index contributed by atoms with van der Waals surface area (Å²) in [6, 6.07) is 0. The van der Waals surface area contributed by atoms with Gasteiger partial charge in [-0.3, -0.25) is 9.59 Å². The Kier molecular flexibility index (Phi) is 2.47. The Balaban J connectivity index is 2.96. The van der Waals surface area contributed by atoms with Crippen LogP contribution in [0.5, 0.6) is 0 Å². The average Bonchev–Trinajstić information content (AvgIpc) is 2.29. The number of fused-ring (bicyclic) bond motifs is 1. The molecule has 0 atom stereocenters. The molecule has 6 heteroatoms. The Morgan fingerprint density at radius 1 is 1.56 bits per heavy atom. The van der Waals surface area contributed by atoms with Gasteiger partial charge in [-0.05, 0) is 6.92 Å². The second-order valence-electron chi connectivity index (χ2n) is 3.19. The summed E-state index contributed by atoms with van der Waals surface area (Å²) in [7, 11) is 0. The summed E-state index contributed by atoms with van der Waals surface area (Å²) < 4.78 is 14.4. The van der Waals surface area contributed by atoms with Crippen LogP contribution in [0.3, 0.4) is 0 Å². The summed E-state index contributed by atoms with van der Waals surface area (Å²) in [6.07, 6.45) is 2.04. The molecule has 0 saturated heterocycles. The van der Waals surface area contributed by atoms with E-state index in [4.69, 9.17) is 0 Å². The third-order valence-corrected chi connectivity index (χ3v) is 2.28. The topological polar surface area (TPSA) is 64.8 Å². The van der Waals surface area contributed by atoms with Crippen LogP contribution in [-0.2, 0) is 6.54 Å². The molecule has 5 nitrogen and oxygen atoms in total. The third-order valence-electron chi connectivity index (χ3n) is 2.28. The second kappa shape index (κ2) is 3.80. The van der Waals surface area contributed by atoms with E-state index in [0.717, 1.165) is 6.20 Å². The van der Waals surface area contributed by atoms with Gasteiger partial charge >= 0.3 is 6.08 Å². The first-order valence-electron chi connectivity index (χ1n) is 4.68. The second-order valence-corrected chi connectivity index (χ2v) is 3.19. The molecule has 2 aromatic rings. The highest BCUT2D eigenvalue weighted by atomic mass is 19.1. The van der Waals surface area contributed by atoms with Gasteiger partial charge in [0.1, 0.15) is 5.65 Å². The molecule has 16 heavy (non-hydrogen) atoms. The summed E-state index contributed by atoms with van der Waals surface area (Å²) in [5.74, 6) is 0. The van der Waals surface area contributed by atoms with E-state index in [9.17, 15) is 14.0 Å². The van der Waals surface area contributed by atoms with Gasteiger partial charge in [-0.2, -0.15) is 9.37 Å². The highest BCUT2D eigenvalue weighted by molar-refractivity contribution is 5.83. The Labute approximate surface area is 89.6 Å². The molecule has 82 valence electrons. The minimum atomic E-state index is -0.895. The maximum atomic E-state index is 12.9. The molecule has 0 aliphatic carbocycles. The van der Waals surface area contributed by atoms with Gasteiger partial charge in [0.25, 0.3) is 0 Å². The molecule has 0 bridgehead atoms. The van der Waals surface area contributed by atoms with E-state index < -0.39 is 11.5 Å². The fourth-order valence-electron chi connectivity index (χ4n) is 1.50. The highest BCUT2D eigenvalue weighted by Crippen LogP contribution is 2.07. The number of aldehydes is 1. The zero-order chi connectivity index (χ0) is 11.7. The van der Waals surface area contributed by atoms with Crippen molar-refractivity contribution in [2.24, 2.45) is 0 Å². The SMILES string of the molecule is CCn1cc(C=O)c(=O)c2cnc(F)nc21. The minimum absolute atomic E-state index is 0.0181. The maximum absolute atomic E-state index is 12.9.